The fourth-order valence-electron chi connectivity index (χ4n) is 1.35. The Balaban J connectivity index is 2.36. The highest BCUT2D eigenvalue weighted by Gasteiger charge is 2.23. The van der Waals surface area contributed by atoms with E-state index in [2.05, 4.69) is 6.07 Å². The van der Waals surface area contributed by atoms with Crippen LogP contribution in [0.2, 0.25) is 0 Å². The van der Waals surface area contributed by atoms with Crippen LogP contribution in [-0.2, 0) is 0 Å². The summed E-state index contributed by atoms with van der Waals surface area (Å²) in [6.45, 7) is 1.95. The van der Waals surface area contributed by atoms with Gasteiger partial charge in [0.25, 0.3) is 0 Å². The molecule has 0 radical (unpaired) electrons. The largest absolute Gasteiger partial charge is 0.508 e. The molecule has 1 aromatic rings. The summed E-state index contributed by atoms with van der Waals surface area (Å²) in [5, 5.41) is 9.25. The number of rotatable bonds is 1. The third-order valence-electron chi connectivity index (χ3n) is 2.27. The third-order valence-corrected chi connectivity index (χ3v) is 2.27. The molecule has 11 heavy (non-hydrogen) atoms. The molecule has 1 aliphatic rings. The number of aromatic hydroxyl groups is 1. The summed E-state index contributed by atoms with van der Waals surface area (Å²) in [7, 11) is 0. The second-order valence-corrected chi connectivity index (χ2v) is 3.32. The average molecular weight is 148 g/mol. The van der Waals surface area contributed by atoms with Crippen molar-refractivity contribution in [3.05, 3.63) is 29.3 Å². The summed E-state index contributed by atoms with van der Waals surface area (Å²) >= 11 is 0. The molecule has 0 bridgehead atoms. The van der Waals surface area contributed by atoms with Crippen molar-refractivity contribution >= 4 is 0 Å². The van der Waals surface area contributed by atoms with Crippen LogP contribution in [-0.4, -0.2) is 5.11 Å². The van der Waals surface area contributed by atoms with Crippen molar-refractivity contribution in [3.63, 3.8) is 0 Å². The van der Waals surface area contributed by atoms with Crippen LogP contribution < -0.4 is 0 Å². The zero-order chi connectivity index (χ0) is 7.84. The number of phenols is 1. The molecule has 0 saturated heterocycles. The van der Waals surface area contributed by atoms with Gasteiger partial charge >= 0.3 is 0 Å². The van der Waals surface area contributed by atoms with Gasteiger partial charge in [-0.05, 0) is 42.9 Å². The first kappa shape index (κ1) is 6.71. The minimum absolute atomic E-state index is 0.411. The van der Waals surface area contributed by atoms with Gasteiger partial charge in [-0.2, -0.15) is 0 Å². The highest BCUT2D eigenvalue weighted by Crippen LogP contribution is 2.40. The van der Waals surface area contributed by atoms with E-state index in [1.54, 1.807) is 6.07 Å². The zero-order valence-electron chi connectivity index (χ0n) is 6.67. The van der Waals surface area contributed by atoms with Gasteiger partial charge in [0.15, 0.2) is 0 Å². The van der Waals surface area contributed by atoms with Gasteiger partial charge in [0.2, 0.25) is 0 Å². The summed E-state index contributed by atoms with van der Waals surface area (Å²) in [5.74, 6) is 1.20. The molecule has 0 amide bonds. The van der Waals surface area contributed by atoms with E-state index in [9.17, 15) is 5.11 Å². The maximum absolute atomic E-state index is 9.25. The quantitative estimate of drug-likeness (QED) is 0.649. The molecule has 1 fully saturated rings. The molecule has 2 rings (SSSR count). The lowest BCUT2D eigenvalue weighted by Gasteiger charge is -2.01. The summed E-state index contributed by atoms with van der Waals surface area (Å²) in [4.78, 5) is 0. The maximum atomic E-state index is 9.25. The highest BCUT2D eigenvalue weighted by atomic mass is 16.3. The van der Waals surface area contributed by atoms with Crippen LogP contribution in [0.25, 0.3) is 0 Å². The second-order valence-electron chi connectivity index (χ2n) is 3.32. The van der Waals surface area contributed by atoms with Crippen LogP contribution in [0.5, 0.6) is 5.75 Å². The predicted molar refractivity (Wildman–Crippen MR) is 44.8 cm³/mol. The summed E-state index contributed by atoms with van der Waals surface area (Å²) < 4.78 is 0. The molecular weight excluding hydrogens is 136 g/mol. The van der Waals surface area contributed by atoms with E-state index in [0.29, 0.717) is 5.75 Å². The third kappa shape index (κ3) is 1.23. The van der Waals surface area contributed by atoms with E-state index < -0.39 is 0 Å². The number of aryl methyl sites for hydroxylation is 1. The van der Waals surface area contributed by atoms with Gasteiger partial charge in [0, 0.05) is 0 Å². The fraction of sp³-hybridized carbons (Fsp3) is 0.400. The van der Waals surface area contributed by atoms with Crippen LogP contribution in [0.3, 0.4) is 0 Å². The van der Waals surface area contributed by atoms with Crippen LogP contribution in [0.4, 0.5) is 0 Å². The zero-order valence-corrected chi connectivity index (χ0v) is 6.67. The van der Waals surface area contributed by atoms with Gasteiger partial charge in [-0.1, -0.05) is 12.1 Å². The van der Waals surface area contributed by atoms with Crippen molar-refractivity contribution < 1.29 is 5.11 Å². The monoisotopic (exact) mass is 148 g/mol. The Morgan fingerprint density at radius 3 is 2.64 bits per heavy atom. The standard InChI is InChI=1S/C10H12O/c1-7-6-9(8-2-3-8)4-5-10(7)11/h4-6,8,11H,2-3H2,1H3. The Bertz CT molecular complexity index is 274. The van der Waals surface area contributed by atoms with Crippen LogP contribution in [0.1, 0.15) is 29.9 Å². The van der Waals surface area contributed by atoms with Gasteiger partial charge in [-0.25, -0.2) is 0 Å². The van der Waals surface area contributed by atoms with Gasteiger partial charge < -0.3 is 5.11 Å². The van der Waals surface area contributed by atoms with Gasteiger partial charge in [0.1, 0.15) is 5.75 Å². The minimum atomic E-state index is 0.411. The molecule has 0 heterocycles. The smallest absolute Gasteiger partial charge is 0.118 e. The molecule has 1 N–H and O–H groups in total. The molecule has 0 aromatic heterocycles. The van der Waals surface area contributed by atoms with Crippen molar-refractivity contribution in [2.45, 2.75) is 25.7 Å². The van der Waals surface area contributed by atoms with E-state index in [-0.39, 0.29) is 0 Å². The lowest BCUT2D eigenvalue weighted by Crippen LogP contribution is -1.80. The molecule has 1 aliphatic carbocycles. The predicted octanol–water partition coefficient (Wildman–Crippen LogP) is 2.58. The van der Waals surface area contributed by atoms with Crippen molar-refractivity contribution in [2.24, 2.45) is 0 Å². The summed E-state index contributed by atoms with van der Waals surface area (Å²) in [6, 6.07) is 5.91. The summed E-state index contributed by atoms with van der Waals surface area (Å²) in [6.07, 6.45) is 2.65. The van der Waals surface area contributed by atoms with Crippen molar-refractivity contribution in [3.8, 4) is 5.75 Å². The first-order valence-electron chi connectivity index (χ1n) is 4.07. The molecule has 1 saturated carbocycles. The Kier molecular flexibility index (Phi) is 1.38. The van der Waals surface area contributed by atoms with Gasteiger partial charge in [0.05, 0.1) is 0 Å². The summed E-state index contributed by atoms with van der Waals surface area (Å²) in [5.41, 5.74) is 2.38. The lowest BCUT2D eigenvalue weighted by molar-refractivity contribution is 0.471. The van der Waals surface area contributed by atoms with Crippen molar-refractivity contribution in [1.29, 1.82) is 0 Å². The molecule has 58 valence electrons. The fourth-order valence-corrected chi connectivity index (χ4v) is 1.35. The van der Waals surface area contributed by atoms with Crippen LogP contribution in [0, 0.1) is 6.92 Å². The van der Waals surface area contributed by atoms with Crippen molar-refractivity contribution in [2.75, 3.05) is 0 Å². The molecular formula is C10H12O. The van der Waals surface area contributed by atoms with E-state index in [0.717, 1.165) is 11.5 Å². The Hall–Kier alpha value is -0.980. The molecule has 0 unspecified atom stereocenters. The molecule has 1 nitrogen and oxygen atoms in total. The van der Waals surface area contributed by atoms with Gasteiger partial charge in [-0.15, -0.1) is 0 Å². The molecule has 0 atom stereocenters. The first-order chi connectivity index (χ1) is 5.27. The van der Waals surface area contributed by atoms with Gasteiger partial charge in [-0.3, -0.25) is 0 Å². The molecule has 1 aromatic carbocycles. The molecule has 0 aliphatic heterocycles. The lowest BCUT2D eigenvalue weighted by atomic mass is 10.1. The van der Waals surface area contributed by atoms with Crippen LogP contribution >= 0.6 is 0 Å². The normalized spacial score (nSPS) is 16.8. The Morgan fingerprint density at radius 2 is 2.09 bits per heavy atom. The van der Waals surface area contributed by atoms with E-state index in [4.69, 9.17) is 0 Å². The van der Waals surface area contributed by atoms with Crippen LogP contribution in [0.15, 0.2) is 18.2 Å². The Morgan fingerprint density at radius 1 is 1.36 bits per heavy atom. The Labute approximate surface area is 66.7 Å². The second kappa shape index (κ2) is 2.26. The SMILES string of the molecule is Cc1cc(C2CC2)ccc1O. The number of hydrogen-bond donors (Lipinski definition) is 1. The number of phenolic OH excluding ortho intramolecular Hbond substituents is 1. The number of benzene rings is 1. The number of hydrogen-bond acceptors (Lipinski definition) is 1. The van der Waals surface area contributed by atoms with E-state index in [1.165, 1.54) is 18.4 Å². The first-order valence-corrected chi connectivity index (χ1v) is 4.07. The van der Waals surface area contributed by atoms with Crippen molar-refractivity contribution in [1.82, 2.24) is 0 Å². The average Bonchev–Trinajstić information content (AvgIpc) is 2.77. The topological polar surface area (TPSA) is 20.2 Å². The molecule has 1 heteroatoms. The van der Waals surface area contributed by atoms with E-state index in [1.807, 2.05) is 13.0 Å². The minimum Gasteiger partial charge on any atom is -0.508 e. The highest BCUT2D eigenvalue weighted by molar-refractivity contribution is 5.37. The maximum Gasteiger partial charge on any atom is 0.118 e. The molecule has 0 spiro atoms. The van der Waals surface area contributed by atoms with E-state index >= 15 is 0 Å².